The maximum Gasteiger partial charge on any atom is 0.264 e. The highest BCUT2D eigenvalue weighted by atomic mass is 32.2. The third kappa shape index (κ3) is 3.44. The fraction of sp³-hybridized carbons (Fsp3) is 1.00. The molecule has 0 aromatic carbocycles. The van der Waals surface area contributed by atoms with Crippen molar-refractivity contribution in [2.75, 3.05) is 24.0 Å². The molecule has 0 aromatic rings. The zero-order valence-electron chi connectivity index (χ0n) is 6.74. The molecule has 0 saturated carbocycles. The van der Waals surface area contributed by atoms with Crippen LogP contribution in [0, 0.1) is 0 Å². The molecular weight excluding hydrogens is 184 g/mol. The highest BCUT2D eigenvalue weighted by molar-refractivity contribution is 7.96. The molecule has 1 fully saturated rings. The normalized spacial score (nSPS) is 32.5. The fourth-order valence-corrected chi connectivity index (χ4v) is 3.59. The van der Waals surface area contributed by atoms with Gasteiger partial charge in [-0.3, -0.25) is 4.18 Å². The van der Waals surface area contributed by atoms with Gasteiger partial charge in [0, 0.05) is 6.42 Å². The molecule has 1 rings (SSSR count). The van der Waals surface area contributed by atoms with E-state index in [1.54, 1.807) is 0 Å². The van der Waals surface area contributed by atoms with Gasteiger partial charge in [-0.15, -0.1) is 0 Å². The van der Waals surface area contributed by atoms with Gasteiger partial charge in [0.05, 0.1) is 12.5 Å². The summed E-state index contributed by atoms with van der Waals surface area (Å²) < 4.78 is 26.2. The summed E-state index contributed by atoms with van der Waals surface area (Å²) in [4.78, 5) is 0. The predicted molar refractivity (Wildman–Crippen MR) is 47.4 cm³/mol. The average molecular weight is 197 g/mol. The summed E-state index contributed by atoms with van der Waals surface area (Å²) in [6.45, 7) is 0. The first-order valence-electron chi connectivity index (χ1n) is 3.45. The van der Waals surface area contributed by atoms with Crippen LogP contribution in [0.4, 0.5) is 0 Å². The van der Waals surface area contributed by atoms with Gasteiger partial charge in [-0.25, -0.2) is 0 Å². The Kier molecular flexibility index (Phi) is 2.83. The van der Waals surface area contributed by atoms with Crippen LogP contribution in [0.15, 0.2) is 0 Å². The molecular formula is C6H13O3S2+. The predicted octanol–water partition coefficient (Wildman–Crippen LogP) is -0.0170. The molecule has 11 heavy (non-hydrogen) atoms. The molecule has 0 amide bonds. The lowest BCUT2D eigenvalue weighted by Crippen LogP contribution is -2.18. The molecule has 2 atom stereocenters. The van der Waals surface area contributed by atoms with Crippen LogP contribution in [-0.4, -0.2) is 38.5 Å². The lowest BCUT2D eigenvalue weighted by Gasteiger charge is -2.03. The zero-order chi connectivity index (χ0) is 8.48. The van der Waals surface area contributed by atoms with Crippen LogP contribution < -0.4 is 0 Å². The summed E-state index contributed by atoms with van der Waals surface area (Å²) in [7, 11) is -2.85. The van der Waals surface area contributed by atoms with Crippen molar-refractivity contribution in [2.45, 2.75) is 12.5 Å². The Hall–Kier alpha value is 0.260. The van der Waals surface area contributed by atoms with Crippen molar-refractivity contribution < 1.29 is 12.6 Å². The van der Waals surface area contributed by atoms with Crippen molar-refractivity contribution in [2.24, 2.45) is 0 Å². The Labute approximate surface area is 70.6 Å². The van der Waals surface area contributed by atoms with Gasteiger partial charge in [0.2, 0.25) is 0 Å². The Morgan fingerprint density at radius 1 is 1.55 bits per heavy atom. The van der Waals surface area contributed by atoms with E-state index in [9.17, 15) is 8.42 Å². The molecule has 66 valence electrons. The second-order valence-corrected chi connectivity index (χ2v) is 6.77. The van der Waals surface area contributed by atoms with Gasteiger partial charge in [-0.05, 0) is 10.9 Å². The van der Waals surface area contributed by atoms with Crippen LogP contribution in [-0.2, 0) is 25.2 Å². The topological polar surface area (TPSA) is 43.4 Å². The average Bonchev–Trinajstić information content (AvgIpc) is 2.10. The molecule has 1 heterocycles. The Balaban J connectivity index is 2.41. The quantitative estimate of drug-likeness (QED) is 0.462. The lowest BCUT2D eigenvalue weighted by atomic mass is 10.3. The van der Waals surface area contributed by atoms with Gasteiger partial charge >= 0.3 is 0 Å². The van der Waals surface area contributed by atoms with E-state index in [1.807, 2.05) is 0 Å². The highest BCUT2D eigenvalue weighted by Crippen LogP contribution is 2.16. The van der Waals surface area contributed by atoms with Gasteiger partial charge in [0.1, 0.15) is 17.6 Å². The Morgan fingerprint density at radius 3 is 2.55 bits per heavy atom. The lowest BCUT2D eigenvalue weighted by molar-refractivity contribution is 0.239. The first-order valence-corrected chi connectivity index (χ1v) is 7.23. The van der Waals surface area contributed by atoms with E-state index in [0.717, 1.165) is 24.2 Å². The maximum absolute atomic E-state index is 10.7. The molecule has 0 N–H and O–H groups in total. The van der Waals surface area contributed by atoms with Crippen LogP contribution in [0.1, 0.15) is 6.42 Å². The fourth-order valence-electron chi connectivity index (χ4n) is 1.14. The van der Waals surface area contributed by atoms with Crippen LogP contribution in [0.3, 0.4) is 0 Å². The van der Waals surface area contributed by atoms with E-state index in [0.29, 0.717) is 10.9 Å². The molecule has 1 aliphatic heterocycles. The van der Waals surface area contributed by atoms with Gasteiger partial charge in [-0.2, -0.15) is 8.42 Å². The van der Waals surface area contributed by atoms with E-state index < -0.39 is 10.1 Å². The van der Waals surface area contributed by atoms with Crippen molar-refractivity contribution in [3.05, 3.63) is 0 Å². The third-order valence-corrected chi connectivity index (χ3v) is 4.06. The van der Waals surface area contributed by atoms with Crippen molar-refractivity contribution in [1.82, 2.24) is 0 Å². The third-order valence-electron chi connectivity index (χ3n) is 1.57. The van der Waals surface area contributed by atoms with Crippen LogP contribution in [0.5, 0.6) is 0 Å². The minimum atomic E-state index is -3.23. The summed E-state index contributed by atoms with van der Waals surface area (Å²) in [5.41, 5.74) is 0. The van der Waals surface area contributed by atoms with E-state index in [2.05, 4.69) is 6.26 Å². The molecule has 1 saturated heterocycles. The van der Waals surface area contributed by atoms with Gasteiger partial charge < -0.3 is 0 Å². The van der Waals surface area contributed by atoms with Gasteiger partial charge in [0.15, 0.2) is 0 Å². The molecule has 0 radical (unpaired) electrons. The maximum atomic E-state index is 10.7. The van der Waals surface area contributed by atoms with E-state index in [1.165, 1.54) is 0 Å². The summed E-state index contributed by atoms with van der Waals surface area (Å²) in [5, 5.41) is 0. The Morgan fingerprint density at radius 2 is 2.18 bits per heavy atom. The van der Waals surface area contributed by atoms with E-state index in [4.69, 9.17) is 4.18 Å². The van der Waals surface area contributed by atoms with Gasteiger partial charge in [0.25, 0.3) is 10.1 Å². The molecule has 1 aliphatic rings. The molecule has 1 unspecified atom stereocenters. The summed E-state index contributed by atoms with van der Waals surface area (Å²) >= 11 is 0. The van der Waals surface area contributed by atoms with Crippen molar-refractivity contribution in [3.63, 3.8) is 0 Å². The molecule has 0 aliphatic carbocycles. The largest absolute Gasteiger partial charge is 0.264 e. The first kappa shape index (κ1) is 9.35. The minimum Gasteiger partial charge on any atom is -0.262 e. The Bertz CT molecular complexity index is 222. The second kappa shape index (κ2) is 3.33. The smallest absolute Gasteiger partial charge is 0.262 e. The summed E-state index contributed by atoms with van der Waals surface area (Å²) in [6.07, 6.45) is 4.11. The van der Waals surface area contributed by atoms with Crippen molar-refractivity contribution in [1.29, 1.82) is 0 Å². The van der Waals surface area contributed by atoms with Gasteiger partial charge in [-0.1, -0.05) is 0 Å². The van der Waals surface area contributed by atoms with Crippen molar-refractivity contribution in [3.8, 4) is 0 Å². The highest BCUT2D eigenvalue weighted by Gasteiger charge is 2.31. The molecule has 5 heteroatoms. The van der Waals surface area contributed by atoms with E-state index >= 15 is 0 Å². The molecule has 0 aromatic heterocycles. The number of hydrogen-bond acceptors (Lipinski definition) is 3. The molecule has 0 bridgehead atoms. The minimum absolute atomic E-state index is 0.0432. The van der Waals surface area contributed by atoms with E-state index in [-0.39, 0.29) is 6.10 Å². The SMILES string of the molecule is C[S+]1CC[C@H](OS(C)(=O)=O)C1. The van der Waals surface area contributed by atoms with Crippen LogP contribution in [0.2, 0.25) is 0 Å². The number of hydrogen-bond donors (Lipinski definition) is 0. The van der Waals surface area contributed by atoms with Crippen LogP contribution >= 0.6 is 0 Å². The molecule has 0 spiro atoms. The monoisotopic (exact) mass is 197 g/mol. The summed E-state index contributed by atoms with van der Waals surface area (Å²) in [5.74, 6) is 2.02. The first-order chi connectivity index (χ1) is 4.97. The van der Waals surface area contributed by atoms with Crippen molar-refractivity contribution >= 4 is 21.0 Å². The zero-order valence-corrected chi connectivity index (χ0v) is 8.37. The molecule has 3 nitrogen and oxygen atoms in total. The van der Waals surface area contributed by atoms with Crippen LogP contribution in [0.25, 0.3) is 0 Å². The second-order valence-electron chi connectivity index (χ2n) is 2.86. The number of rotatable bonds is 2. The summed E-state index contributed by atoms with van der Waals surface area (Å²) in [6, 6.07) is 0. The standard InChI is InChI=1S/C6H13O3S2/c1-10-4-3-6(5-10)9-11(2,7)8/h6H,3-5H2,1-2H3/q+1/t6-,10?/m0/s1.